The molecule has 0 aromatic heterocycles. The van der Waals surface area contributed by atoms with Gasteiger partial charge in [0.25, 0.3) is 5.91 Å². The van der Waals surface area contributed by atoms with Crippen LogP contribution in [0.4, 0.5) is 5.69 Å². The number of halogens is 2. The first kappa shape index (κ1) is 16.0. The van der Waals surface area contributed by atoms with Gasteiger partial charge >= 0.3 is 0 Å². The summed E-state index contributed by atoms with van der Waals surface area (Å²) in [5, 5.41) is 11.9. The molecule has 0 atom stereocenters. The number of anilines is 1. The SMILES string of the molecule is O=C(COc1ccc(Br)cc1Br)Nc1ccccc1CO. The molecule has 1 amide bonds. The Morgan fingerprint density at radius 3 is 2.67 bits per heavy atom. The molecule has 110 valence electrons. The van der Waals surface area contributed by atoms with Crippen molar-refractivity contribution < 1.29 is 14.6 Å². The minimum atomic E-state index is -0.286. The van der Waals surface area contributed by atoms with Gasteiger partial charge in [-0.1, -0.05) is 34.1 Å². The van der Waals surface area contributed by atoms with Crippen molar-refractivity contribution in [2.75, 3.05) is 11.9 Å². The van der Waals surface area contributed by atoms with Crippen LogP contribution in [0.2, 0.25) is 0 Å². The highest BCUT2D eigenvalue weighted by atomic mass is 79.9. The molecule has 0 saturated carbocycles. The number of nitrogens with one attached hydrogen (secondary N) is 1. The lowest BCUT2D eigenvalue weighted by atomic mass is 10.2. The molecule has 0 aliphatic carbocycles. The van der Waals surface area contributed by atoms with E-state index < -0.39 is 0 Å². The van der Waals surface area contributed by atoms with Gasteiger partial charge in [0.05, 0.1) is 11.1 Å². The van der Waals surface area contributed by atoms with Gasteiger partial charge in [0.15, 0.2) is 6.61 Å². The van der Waals surface area contributed by atoms with Crippen LogP contribution in [0.3, 0.4) is 0 Å². The third-order valence-corrected chi connectivity index (χ3v) is 3.83. The lowest BCUT2D eigenvalue weighted by Crippen LogP contribution is -2.21. The fraction of sp³-hybridized carbons (Fsp3) is 0.133. The molecule has 0 fully saturated rings. The van der Waals surface area contributed by atoms with Crippen LogP contribution in [-0.2, 0) is 11.4 Å². The van der Waals surface area contributed by atoms with Crippen LogP contribution in [-0.4, -0.2) is 17.6 Å². The molecule has 0 bridgehead atoms. The number of hydrogen-bond acceptors (Lipinski definition) is 3. The number of carbonyl (C=O) groups is 1. The maximum absolute atomic E-state index is 11.9. The van der Waals surface area contributed by atoms with E-state index in [2.05, 4.69) is 37.2 Å². The molecule has 0 saturated heterocycles. The number of rotatable bonds is 5. The topological polar surface area (TPSA) is 58.6 Å². The van der Waals surface area contributed by atoms with Crippen molar-refractivity contribution in [2.45, 2.75) is 6.61 Å². The van der Waals surface area contributed by atoms with Gasteiger partial charge in [-0.3, -0.25) is 4.79 Å². The summed E-state index contributed by atoms with van der Waals surface area (Å²) in [6.07, 6.45) is 0. The molecule has 2 rings (SSSR count). The predicted octanol–water partition coefficient (Wildman–Crippen LogP) is 3.72. The molecule has 2 aromatic rings. The Morgan fingerprint density at radius 2 is 1.95 bits per heavy atom. The van der Waals surface area contributed by atoms with Crippen LogP contribution < -0.4 is 10.1 Å². The minimum Gasteiger partial charge on any atom is -0.483 e. The summed E-state index contributed by atoms with van der Waals surface area (Å²) in [5.41, 5.74) is 1.25. The quantitative estimate of drug-likeness (QED) is 0.783. The second kappa shape index (κ2) is 7.59. The second-order valence-electron chi connectivity index (χ2n) is 4.23. The van der Waals surface area contributed by atoms with Gasteiger partial charge in [0.1, 0.15) is 5.75 Å². The van der Waals surface area contributed by atoms with Gasteiger partial charge in [-0.15, -0.1) is 0 Å². The molecule has 0 aliphatic rings. The van der Waals surface area contributed by atoms with E-state index in [-0.39, 0.29) is 19.1 Å². The highest BCUT2D eigenvalue weighted by Gasteiger charge is 2.08. The third-order valence-electron chi connectivity index (χ3n) is 2.71. The molecule has 0 spiro atoms. The number of benzene rings is 2. The standard InChI is InChI=1S/C15H13Br2NO3/c16-11-5-6-14(12(17)7-11)21-9-15(20)18-13-4-2-1-3-10(13)8-19/h1-7,19H,8-9H2,(H,18,20). The first-order valence-electron chi connectivity index (χ1n) is 6.16. The van der Waals surface area contributed by atoms with Crippen LogP contribution in [0.5, 0.6) is 5.75 Å². The largest absolute Gasteiger partial charge is 0.483 e. The zero-order valence-electron chi connectivity index (χ0n) is 11.0. The highest BCUT2D eigenvalue weighted by Crippen LogP contribution is 2.28. The van der Waals surface area contributed by atoms with E-state index >= 15 is 0 Å². The number of para-hydroxylation sites is 1. The first-order valence-corrected chi connectivity index (χ1v) is 7.75. The van der Waals surface area contributed by atoms with Gasteiger partial charge in [-0.2, -0.15) is 0 Å². The van der Waals surface area contributed by atoms with E-state index in [1.807, 2.05) is 12.1 Å². The molecule has 0 heterocycles. The molecule has 2 N–H and O–H groups in total. The van der Waals surface area contributed by atoms with Crippen LogP contribution >= 0.6 is 31.9 Å². The van der Waals surface area contributed by atoms with Crippen molar-refractivity contribution in [1.29, 1.82) is 0 Å². The number of aliphatic hydroxyl groups is 1. The minimum absolute atomic E-state index is 0.111. The fourth-order valence-corrected chi connectivity index (χ4v) is 2.86. The van der Waals surface area contributed by atoms with Crippen molar-refractivity contribution >= 4 is 43.5 Å². The number of ether oxygens (including phenoxy) is 1. The molecule has 0 unspecified atom stereocenters. The average molecular weight is 415 g/mol. The average Bonchev–Trinajstić information content (AvgIpc) is 2.47. The highest BCUT2D eigenvalue weighted by molar-refractivity contribution is 9.11. The summed E-state index contributed by atoms with van der Waals surface area (Å²) in [6, 6.07) is 12.5. The lowest BCUT2D eigenvalue weighted by Gasteiger charge is -2.11. The molecule has 0 radical (unpaired) electrons. The Hall–Kier alpha value is -1.37. The summed E-state index contributed by atoms with van der Waals surface area (Å²) in [6.45, 7) is -0.241. The van der Waals surface area contributed by atoms with E-state index in [9.17, 15) is 9.90 Å². The third kappa shape index (κ3) is 4.56. The maximum atomic E-state index is 11.9. The summed E-state index contributed by atoms with van der Waals surface area (Å²) >= 11 is 6.72. The fourth-order valence-electron chi connectivity index (χ4n) is 1.70. The molecule has 21 heavy (non-hydrogen) atoms. The summed E-state index contributed by atoms with van der Waals surface area (Å²) in [4.78, 5) is 11.9. The number of hydrogen-bond donors (Lipinski definition) is 2. The molecule has 6 heteroatoms. The van der Waals surface area contributed by atoms with Gasteiger partial charge in [0, 0.05) is 15.7 Å². The molecular weight excluding hydrogens is 402 g/mol. The van der Waals surface area contributed by atoms with Crippen LogP contribution in [0.25, 0.3) is 0 Å². The lowest BCUT2D eigenvalue weighted by molar-refractivity contribution is -0.118. The van der Waals surface area contributed by atoms with Gasteiger partial charge in [-0.25, -0.2) is 0 Å². The second-order valence-corrected chi connectivity index (χ2v) is 6.00. The van der Waals surface area contributed by atoms with Crippen LogP contribution in [0.15, 0.2) is 51.4 Å². The Labute approximate surface area is 139 Å². The summed E-state index contributed by atoms with van der Waals surface area (Å²) in [5.74, 6) is 0.300. The Kier molecular flexibility index (Phi) is 5.78. The van der Waals surface area contributed by atoms with E-state index in [0.717, 1.165) is 8.95 Å². The first-order chi connectivity index (χ1) is 10.1. The number of aliphatic hydroxyl groups excluding tert-OH is 1. The Bertz CT molecular complexity index is 647. The molecule has 2 aromatic carbocycles. The van der Waals surface area contributed by atoms with Gasteiger partial charge in [0.2, 0.25) is 0 Å². The van der Waals surface area contributed by atoms with Gasteiger partial charge < -0.3 is 15.2 Å². The molecule has 0 aliphatic heterocycles. The number of amides is 1. The van der Waals surface area contributed by atoms with Crippen molar-refractivity contribution in [2.24, 2.45) is 0 Å². The van der Waals surface area contributed by atoms with Crippen LogP contribution in [0.1, 0.15) is 5.56 Å². The maximum Gasteiger partial charge on any atom is 0.262 e. The van der Waals surface area contributed by atoms with Crippen molar-refractivity contribution in [3.8, 4) is 5.75 Å². The van der Waals surface area contributed by atoms with Crippen LogP contribution in [0, 0.1) is 0 Å². The zero-order valence-corrected chi connectivity index (χ0v) is 14.1. The Morgan fingerprint density at radius 1 is 1.19 bits per heavy atom. The van der Waals surface area contributed by atoms with E-state index in [4.69, 9.17) is 4.74 Å². The van der Waals surface area contributed by atoms with Crippen molar-refractivity contribution in [3.05, 3.63) is 57.0 Å². The summed E-state index contributed by atoms with van der Waals surface area (Å²) in [7, 11) is 0. The smallest absolute Gasteiger partial charge is 0.262 e. The Balaban J connectivity index is 1.96. The van der Waals surface area contributed by atoms with Crippen molar-refractivity contribution in [1.82, 2.24) is 0 Å². The zero-order chi connectivity index (χ0) is 15.2. The summed E-state index contributed by atoms with van der Waals surface area (Å²) < 4.78 is 7.14. The predicted molar refractivity (Wildman–Crippen MR) is 88.3 cm³/mol. The molecule has 4 nitrogen and oxygen atoms in total. The number of carbonyl (C=O) groups excluding carboxylic acids is 1. The van der Waals surface area contributed by atoms with Crippen molar-refractivity contribution in [3.63, 3.8) is 0 Å². The normalized spacial score (nSPS) is 10.2. The molecular formula is C15H13Br2NO3. The van der Waals surface area contributed by atoms with Gasteiger partial charge in [-0.05, 0) is 40.2 Å². The van der Waals surface area contributed by atoms with E-state index in [1.54, 1.807) is 30.3 Å². The van der Waals surface area contributed by atoms with E-state index in [0.29, 0.717) is 17.0 Å². The van der Waals surface area contributed by atoms with E-state index in [1.165, 1.54) is 0 Å². The monoisotopic (exact) mass is 413 g/mol.